The molecule has 0 fully saturated rings. The van der Waals surface area contributed by atoms with Crippen LogP contribution in [0.2, 0.25) is 0 Å². The number of ether oxygens (including phenoxy) is 2. The van der Waals surface area contributed by atoms with Crippen LogP contribution in [0.25, 0.3) is 0 Å². The molecular weight excluding hydrogens is 268 g/mol. The van der Waals surface area contributed by atoms with Crippen LogP contribution in [0.3, 0.4) is 0 Å². The van der Waals surface area contributed by atoms with Gasteiger partial charge in [-0.05, 0) is 19.4 Å². The maximum atomic E-state index is 5.63. The minimum absolute atomic E-state index is 0.612. The lowest BCUT2D eigenvalue weighted by molar-refractivity contribution is 0.152. The topological polar surface area (TPSA) is 67.8 Å². The molecule has 0 unspecified atom stereocenters. The van der Waals surface area contributed by atoms with E-state index in [4.69, 9.17) is 9.47 Å². The average Bonchev–Trinajstić information content (AvgIpc) is 2.53. The summed E-state index contributed by atoms with van der Waals surface area (Å²) in [7, 11) is 1.74. The molecule has 0 aliphatic rings. The van der Waals surface area contributed by atoms with Crippen LogP contribution >= 0.6 is 0 Å². The fraction of sp³-hybridized carbons (Fsp3) is 0.600. The molecule has 0 spiro atoms. The SMILES string of the molecule is CCCOc1ncccc1CNC(=NC)NCCOCC. The normalized spacial score (nSPS) is 11.3. The van der Waals surface area contributed by atoms with Gasteiger partial charge in [0.25, 0.3) is 0 Å². The van der Waals surface area contributed by atoms with Crippen LogP contribution < -0.4 is 15.4 Å². The molecule has 1 aromatic rings. The third kappa shape index (κ3) is 6.94. The van der Waals surface area contributed by atoms with Crippen LogP contribution in [0.5, 0.6) is 5.88 Å². The van der Waals surface area contributed by atoms with Crippen LogP contribution in [-0.4, -0.2) is 44.4 Å². The van der Waals surface area contributed by atoms with E-state index >= 15 is 0 Å². The van der Waals surface area contributed by atoms with Gasteiger partial charge in [-0.25, -0.2) is 4.98 Å². The van der Waals surface area contributed by atoms with Crippen LogP contribution in [0.4, 0.5) is 0 Å². The molecule has 0 saturated heterocycles. The molecule has 0 bridgehead atoms. The summed E-state index contributed by atoms with van der Waals surface area (Å²) in [5.41, 5.74) is 1.01. The second-order valence-electron chi connectivity index (χ2n) is 4.37. The average molecular weight is 294 g/mol. The van der Waals surface area contributed by atoms with Gasteiger partial charge in [0.1, 0.15) is 0 Å². The van der Waals surface area contributed by atoms with Crippen molar-refractivity contribution in [2.45, 2.75) is 26.8 Å². The number of rotatable bonds is 9. The van der Waals surface area contributed by atoms with Gasteiger partial charge in [-0.2, -0.15) is 0 Å². The number of guanidine groups is 1. The lowest BCUT2D eigenvalue weighted by atomic mass is 10.2. The van der Waals surface area contributed by atoms with E-state index in [0.29, 0.717) is 25.6 Å². The lowest BCUT2D eigenvalue weighted by Gasteiger charge is -2.13. The zero-order chi connectivity index (χ0) is 15.3. The predicted octanol–water partition coefficient (Wildman–Crippen LogP) is 1.57. The highest BCUT2D eigenvalue weighted by molar-refractivity contribution is 5.79. The zero-order valence-corrected chi connectivity index (χ0v) is 13.2. The molecule has 1 heterocycles. The van der Waals surface area contributed by atoms with E-state index in [1.165, 1.54) is 0 Å². The number of pyridine rings is 1. The molecule has 0 aliphatic heterocycles. The summed E-state index contributed by atoms with van der Waals surface area (Å²) in [6, 6.07) is 3.90. The monoisotopic (exact) mass is 294 g/mol. The van der Waals surface area contributed by atoms with Crippen LogP contribution in [0, 0.1) is 0 Å². The molecule has 6 nitrogen and oxygen atoms in total. The Bertz CT molecular complexity index is 424. The molecule has 2 N–H and O–H groups in total. The number of aromatic nitrogens is 1. The fourth-order valence-electron chi connectivity index (χ4n) is 1.67. The van der Waals surface area contributed by atoms with Gasteiger partial charge >= 0.3 is 0 Å². The van der Waals surface area contributed by atoms with Crippen LogP contribution in [0.1, 0.15) is 25.8 Å². The molecule has 0 aliphatic carbocycles. The van der Waals surface area contributed by atoms with Gasteiger partial charge in [-0.15, -0.1) is 0 Å². The zero-order valence-electron chi connectivity index (χ0n) is 13.2. The van der Waals surface area contributed by atoms with Gasteiger partial charge in [0.15, 0.2) is 5.96 Å². The van der Waals surface area contributed by atoms with E-state index in [2.05, 4.69) is 27.5 Å². The van der Waals surface area contributed by atoms with E-state index in [1.54, 1.807) is 13.2 Å². The second kappa shape index (κ2) is 10.9. The Kier molecular flexibility index (Phi) is 8.95. The first kappa shape index (κ1) is 17.2. The van der Waals surface area contributed by atoms with Gasteiger partial charge in [0, 0.05) is 38.5 Å². The smallest absolute Gasteiger partial charge is 0.218 e. The maximum Gasteiger partial charge on any atom is 0.218 e. The molecule has 1 rings (SSSR count). The summed E-state index contributed by atoms with van der Waals surface area (Å²) in [6.45, 7) is 7.45. The van der Waals surface area contributed by atoms with E-state index in [1.807, 2.05) is 19.1 Å². The van der Waals surface area contributed by atoms with Crippen molar-refractivity contribution >= 4 is 5.96 Å². The molecule has 0 radical (unpaired) electrons. The Morgan fingerprint density at radius 1 is 1.29 bits per heavy atom. The number of aliphatic imine (C=N–C) groups is 1. The Hall–Kier alpha value is -1.82. The Balaban J connectivity index is 2.45. The van der Waals surface area contributed by atoms with Gasteiger partial charge in [0.2, 0.25) is 5.88 Å². The van der Waals surface area contributed by atoms with Gasteiger partial charge in [0.05, 0.1) is 13.2 Å². The first-order chi connectivity index (χ1) is 10.3. The molecule has 0 saturated carbocycles. The summed E-state index contributed by atoms with van der Waals surface area (Å²) in [5.74, 6) is 1.41. The van der Waals surface area contributed by atoms with Gasteiger partial charge in [-0.1, -0.05) is 13.0 Å². The molecule has 21 heavy (non-hydrogen) atoms. The summed E-state index contributed by atoms with van der Waals surface area (Å²) in [6.07, 6.45) is 2.70. The number of hydrogen-bond acceptors (Lipinski definition) is 4. The highest BCUT2D eigenvalue weighted by atomic mass is 16.5. The predicted molar refractivity (Wildman–Crippen MR) is 84.7 cm³/mol. The van der Waals surface area contributed by atoms with Crippen molar-refractivity contribution in [3.05, 3.63) is 23.9 Å². The standard InChI is InChI=1S/C15H26N4O2/c1-4-10-21-14-13(7-6-8-17-14)12-19-15(16-3)18-9-11-20-5-2/h6-8H,4-5,9-12H2,1-3H3,(H2,16,18,19). The van der Waals surface area contributed by atoms with E-state index in [9.17, 15) is 0 Å². The van der Waals surface area contributed by atoms with Crippen molar-refractivity contribution in [3.63, 3.8) is 0 Å². The number of nitrogens with zero attached hydrogens (tertiary/aromatic N) is 2. The Morgan fingerprint density at radius 2 is 2.14 bits per heavy atom. The summed E-state index contributed by atoms with van der Waals surface area (Å²) in [5, 5.41) is 6.43. The molecule has 0 aromatic carbocycles. The van der Waals surface area contributed by atoms with E-state index in [0.717, 1.165) is 31.1 Å². The van der Waals surface area contributed by atoms with Crippen molar-refractivity contribution < 1.29 is 9.47 Å². The quantitative estimate of drug-likeness (QED) is 0.411. The summed E-state index contributed by atoms with van der Waals surface area (Å²) in [4.78, 5) is 8.43. The molecule has 1 aromatic heterocycles. The van der Waals surface area contributed by atoms with Crippen molar-refractivity contribution in [3.8, 4) is 5.88 Å². The van der Waals surface area contributed by atoms with Crippen molar-refractivity contribution in [2.24, 2.45) is 4.99 Å². The van der Waals surface area contributed by atoms with Crippen molar-refractivity contribution in [2.75, 3.05) is 33.4 Å². The Morgan fingerprint density at radius 3 is 2.86 bits per heavy atom. The molecule has 0 atom stereocenters. The fourth-order valence-corrected chi connectivity index (χ4v) is 1.67. The molecule has 0 amide bonds. The van der Waals surface area contributed by atoms with E-state index in [-0.39, 0.29) is 0 Å². The summed E-state index contributed by atoms with van der Waals surface area (Å²) < 4.78 is 10.9. The minimum atomic E-state index is 0.612. The number of nitrogens with one attached hydrogen (secondary N) is 2. The Labute approximate surface area is 127 Å². The highest BCUT2D eigenvalue weighted by Gasteiger charge is 2.05. The van der Waals surface area contributed by atoms with Crippen molar-refractivity contribution in [1.29, 1.82) is 0 Å². The third-order valence-electron chi connectivity index (χ3n) is 2.71. The van der Waals surface area contributed by atoms with E-state index < -0.39 is 0 Å². The first-order valence-electron chi connectivity index (χ1n) is 7.40. The first-order valence-corrected chi connectivity index (χ1v) is 7.40. The van der Waals surface area contributed by atoms with Crippen molar-refractivity contribution in [1.82, 2.24) is 15.6 Å². The second-order valence-corrected chi connectivity index (χ2v) is 4.37. The molecular formula is C15H26N4O2. The largest absolute Gasteiger partial charge is 0.477 e. The van der Waals surface area contributed by atoms with Crippen LogP contribution in [0.15, 0.2) is 23.3 Å². The van der Waals surface area contributed by atoms with Gasteiger partial charge in [-0.3, -0.25) is 4.99 Å². The number of hydrogen-bond donors (Lipinski definition) is 2. The van der Waals surface area contributed by atoms with Crippen LogP contribution in [-0.2, 0) is 11.3 Å². The van der Waals surface area contributed by atoms with Gasteiger partial charge < -0.3 is 20.1 Å². The summed E-state index contributed by atoms with van der Waals surface area (Å²) >= 11 is 0. The lowest BCUT2D eigenvalue weighted by Crippen LogP contribution is -2.38. The highest BCUT2D eigenvalue weighted by Crippen LogP contribution is 2.13. The molecule has 6 heteroatoms. The maximum absolute atomic E-state index is 5.63. The third-order valence-corrected chi connectivity index (χ3v) is 2.71. The minimum Gasteiger partial charge on any atom is -0.477 e. The molecule has 118 valence electrons.